The van der Waals surface area contributed by atoms with Crippen LogP contribution in [0.3, 0.4) is 0 Å². The third-order valence-corrected chi connectivity index (χ3v) is 7.45. The zero-order chi connectivity index (χ0) is 19.4. The van der Waals surface area contributed by atoms with Crippen molar-refractivity contribution in [2.75, 3.05) is 19.7 Å². The van der Waals surface area contributed by atoms with Crippen LogP contribution in [0.25, 0.3) is 11.0 Å². The number of fused-ring (bicyclic) bond motifs is 3. The van der Waals surface area contributed by atoms with E-state index in [4.69, 9.17) is 9.72 Å². The lowest BCUT2D eigenvalue weighted by Gasteiger charge is -2.20. The lowest BCUT2D eigenvalue weighted by molar-refractivity contribution is 0.226. The quantitative estimate of drug-likeness (QED) is 0.657. The van der Waals surface area contributed by atoms with Crippen molar-refractivity contribution in [3.05, 3.63) is 59.4 Å². The van der Waals surface area contributed by atoms with Crippen LogP contribution in [0.4, 0.5) is 0 Å². The van der Waals surface area contributed by atoms with E-state index in [0.29, 0.717) is 0 Å². The van der Waals surface area contributed by atoms with Gasteiger partial charge in [-0.25, -0.2) is 4.98 Å². The van der Waals surface area contributed by atoms with Gasteiger partial charge in [-0.05, 0) is 72.9 Å². The molecular weight excluding hydrogens is 358 g/mol. The number of likely N-dealkylation sites (tertiary alicyclic amines) is 1. The predicted molar refractivity (Wildman–Crippen MR) is 115 cm³/mol. The van der Waals surface area contributed by atoms with Crippen molar-refractivity contribution >= 4 is 11.0 Å². The summed E-state index contributed by atoms with van der Waals surface area (Å²) in [5, 5.41) is 0. The number of imidazole rings is 1. The highest BCUT2D eigenvalue weighted by atomic mass is 16.5. The maximum Gasteiger partial charge on any atom is 0.123 e. The summed E-state index contributed by atoms with van der Waals surface area (Å²) in [7, 11) is 2.14. The summed E-state index contributed by atoms with van der Waals surface area (Å²) in [5.41, 5.74) is 5.37. The van der Waals surface area contributed by atoms with Crippen LogP contribution in [-0.2, 0) is 26.4 Å². The van der Waals surface area contributed by atoms with Gasteiger partial charge in [-0.2, -0.15) is 0 Å². The molecular formula is C25H29N3O. The van der Waals surface area contributed by atoms with Gasteiger partial charge in [0, 0.05) is 26.1 Å². The van der Waals surface area contributed by atoms with E-state index in [1.165, 1.54) is 61.2 Å². The average molecular weight is 388 g/mol. The molecule has 4 heteroatoms. The van der Waals surface area contributed by atoms with Gasteiger partial charge in [-0.3, -0.25) is 4.90 Å². The number of aromatic nitrogens is 2. The number of benzene rings is 2. The highest BCUT2D eigenvalue weighted by molar-refractivity contribution is 5.75. The molecule has 0 spiro atoms. The molecule has 2 fully saturated rings. The summed E-state index contributed by atoms with van der Waals surface area (Å²) in [6, 6.07) is 15.2. The summed E-state index contributed by atoms with van der Waals surface area (Å²) in [6.07, 6.45) is 5.12. The molecule has 29 heavy (non-hydrogen) atoms. The van der Waals surface area contributed by atoms with Crippen molar-refractivity contribution in [3.8, 4) is 5.75 Å². The number of para-hydroxylation sites is 2. The van der Waals surface area contributed by atoms with Crippen LogP contribution in [0, 0.1) is 17.8 Å². The molecule has 3 atom stereocenters. The predicted octanol–water partition coefficient (Wildman–Crippen LogP) is 4.21. The second-order valence-corrected chi connectivity index (χ2v) is 9.21. The third-order valence-electron chi connectivity index (χ3n) is 7.45. The molecule has 6 rings (SSSR count). The molecule has 0 N–H and O–H groups in total. The molecule has 1 unspecified atom stereocenters. The lowest BCUT2D eigenvalue weighted by atomic mass is 9.92. The molecule has 3 aliphatic rings. The van der Waals surface area contributed by atoms with Gasteiger partial charge in [-0.1, -0.05) is 18.2 Å². The van der Waals surface area contributed by atoms with Crippen molar-refractivity contribution < 1.29 is 4.74 Å². The Hall–Kier alpha value is -2.33. The molecule has 1 aliphatic heterocycles. The molecule has 1 aromatic heterocycles. The number of rotatable bonds is 5. The molecule has 3 aromatic rings. The van der Waals surface area contributed by atoms with E-state index >= 15 is 0 Å². The van der Waals surface area contributed by atoms with E-state index in [2.05, 4.69) is 59.0 Å². The number of hydrogen-bond acceptors (Lipinski definition) is 3. The van der Waals surface area contributed by atoms with Crippen LogP contribution < -0.4 is 4.74 Å². The first-order chi connectivity index (χ1) is 14.3. The third kappa shape index (κ3) is 3.14. The first-order valence-corrected chi connectivity index (χ1v) is 11.1. The van der Waals surface area contributed by atoms with E-state index in [1.54, 1.807) is 0 Å². The maximum atomic E-state index is 6.21. The fraction of sp³-hybridized carbons (Fsp3) is 0.480. The zero-order valence-corrected chi connectivity index (χ0v) is 17.2. The highest BCUT2D eigenvalue weighted by Crippen LogP contribution is 2.52. The van der Waals surface area contributed by atoms with Crippen molar-refractivity contribution in [2.45, 2.75) is 32.2 Å². The Labute approximate surface area is 172 Å². The van der Waals surface area contributed by atoms with Gasteiger partial charge in [0.2, 0.25) is 0 Å². The Kier molecular flexibility index (Phi) is 4.15. The number of hydrogen-bond donors (Lipinski definition) is 0. The number of nitrogens with zero attached hydrogens (tertiary/aromatic N) is 3. The minimum Gasteiger partial charge on any atom is -0.493 e. The Balaban J connectivity index is 1.04. The van der Waals surface area contributed by atoms with Gasteiger partial charge in [0.25, 0.3) is 0 Å². The largest absolute Gasteiger partial charge is 0.493 e. The van der Waals surface area contributed by atoms with E-state index in [-0.39, 0.29) is 0 Å². The van der Waals surface area contributed by atoms with Crippen LogP contribution in [0.1, 0.15) is 29.8 Å². The normalized spacial score (nSPS) is 25.8. The average Bonchev–Trinajstić information content (AvgIpc) is 3.06. The lowest BCUT2D eigenvalue weighted by Crippen LogP contribution is -2.26. The van der Waals surface area contributed by atoms with E-state index < -0.39 is 0 Å². The van der Waals surface area contributed by atoms with Gasteiger partial charge in [0.05, 0.1) is 24.2 Å². The van der Waals surface area contributed by atoms with Crippen molar-refractivity contribution in [3.63, 3.8) is 0 Å². The topological polar surface area (TPSA) is 30.3 Å². The number of piperidine rings is 1. The Morgan fingerprint density at radius 2 is 1.79 bits per heavy atom. The van der Waals surface area contributed by atoms with Gasteiger partial charge >= 0.3 is 0 Å². The maximum absolute atomic E-state index is 6.21. The molecule has 0 bridgehead atoms. The molecule has 0 radical (unpaired) electrons. The zero-order valence-electron chi connectivity index (χ0n) is 17.2. The van der Waals surface area contributed by atoms with Gasteiger partial charge in [0.15, 0.2) is 0 Å². The van der Waals surface area contributed by atoms with Crippen LogP contribution >= 0.6 is 0 Å². The molecule has 150 valence electrons. The van der Waals surface area contributed by atoms with Crippen molar-refractivity contribution in [1.29, 1.82) is 0 Å². The number of aryl methyl sites for hydroxylation is 3. The fourth-order valence-corrected chi connectivity index (χ4v) is 5.64. The first kappa shape index (κ1) is 17.5. The Morgan fingerprint density at radius 1 is 1.00 bits per heavy atom. The monoisotopic (exact) mass is 387 g/mol. The van der Waals surface area contributed by atoms with Gasteiger partial charge < -0.3 is 9.30 Å². The summed E-state index contributed by atoms with van der Waals surface area (Å²) in [5.74, 6) is 4.61. The van der Waals surface area contributed by atoms with Gasteiger partial charge in [0.1, 0.15) is 11.6 Å². The highest BCUT2D eigenvalue weighted by Gasteiger charge is 2.55. The Bertz CT molecular complexity index is 1040. The summed E-state index contributed by atoms with van der Waals surface area (Å²) in [6.45, 7) is 4.21. The molecule has 2 aromatic carbocycles. The molecule has 1 saturated carbocycles. The SMILES string of the molecule is Cn1c(CN2C[C@@H]3C(COc4ccc5c(c4)CCCC5)[C@@H]3C2)nc2ccccc21. The molecule has 2 heterocycles. The van der Waals surface area contributed by atoms with Crippen LogP contribution in [-0.4, -0.2) is 34.1 Å². The number of ether oxygens (including phenoxy) is 1. The van der Waals surface area contributed by atoms with E-state index in [9.17, 15) is 0 Å². The fourth-order valence-electron chi connectivity index (χ4n) is 5.64. The van der Waals surface area contributed by atoms with Gasteiger partial charge in [-0.15, -0.1) is 0 Å². The minimum absolute atomic E-state index is 0.739. The van der Waals surface area contributed by atoms with E-state index in [0.717, 1.165) is 42.2 Å². The van der Waals surface area contributed by atoms with Crippen molar-refractivity contribution in [1.82, 2.24) is 14.5 Å². The van der Waals surface area contributed by atoms with Crippen LogP contribution in [0.2, 0.25) is 0 Å². The second-order valence-electron chi connectivity index (χ2n) is 9.21. The summed E-state index contributed by atoms with van der Waals surface area (Å²) < 4.78 is 8.46. The molecule has 0 amide bonds. The molecule has 4 nitrogen and oxygen atoms in total. The van der Waals surface area contributed by atoms with Crippen LogP contribution in [0.15, 0.2) is 42.5 Å². The second kappa shape index (κ2) is 6.88. The van der Waals surface area contributed by atoms with E-state index in [1.807, 2.05) is 0 Å². The minimum atomic E-state index is 0.739. The first-order valence-electron chi connectivity index (χ1n) is 11.1. The van der Waals surface area contributed by atoms with Crippen LogP contribution in [0.5, 0.6) is 5.75 Å². The summed E-state index contributed by atoms with van der Waals surface area (Å²) in [4.78, 5) is 7.42. The Morgan fingerprint density at radius 3 is 2.62 bits per heavy atom. The summed E-state index contributed by atoms with van der Waals surface area (Å²) >= 11 is 0. The van der Waals surface area contributed by atoms with Crippen molar-refractivity contribution in [2.24, 2.45) is 24.8 Å². The molecule has 1 saturated heterocycles. The smallest absolute Gasteiger partial charge is 0.123 e. The standard InChI is InChI=1S/C25H29N3O/c1-27-24-9-5-4-8-23(24)26-25(27)15-28-13-20-21(14-28)22(20)16-29-19-11-10-17-6-2-3-7-18(17)12-19/h4-5,8-12,20-22H,2-3,6-7,13-16H2,1H3/t20-,21+,22?. The molecule has 2 aliphatic carbocycles.